The highest BCUT2D eigenvalue weighted by Gasteiger charge is 2.14. The Bertz CT molecular complexity index is 2850. The first-order chi connectivity index (χ1) is 23.3. The van der Waals surface area contributed by atoms with E-state index in [9.17, 15) is 0 Å². The van der Waals surface area contributed by atoms with Gasteiger partial charge in [-0.05, 0) is 63.0 Å². The topological polar surface area (TPSA) is 25.8 Å². The van der Waals surface area contributed by atoms with Crippen LogP contribution in [0, 0.1) is 0 Å². The van der Waals surface area contributed by atoms with Crippen LogP contribution in [0.15, 0.2) is 158 Å². The normalized spacial score (nSPS) is 11.8. The van der Waals surface area contributed by atoms with Crippen molar-refractivity contribution in [3.63, 3.8) is 0 Å². The van der Waals surface area contributed by atoms with E-state index in [0.29, 0.717) is 0 Å². The van der Waals surface area contributed by atoms with Crippen LogP contribution >= 0.6 is 11.3 Å². The SMILES string of the molecule is c1ccc2c(c1)cc(-c1ccc3ccc4ccc(-c5ccc(-c6cccc7sc8ccccc8c67)cc5)nc4c3n1)c1ccccc12. The van der Waals surface area contributed by atoms with Crippen molar-refractivity contribution in [2.75, 3.05) is 0 Å². The number of nitrogens with zero attached hydrogens (tertiary/aromatic N) is 2. The summed E-state index contributed by atoms with van der Waals surface area (Å²) in [6, 6.07) is 56.6. The van der Waals surface area contributed by atoms with Gasteiger partial charge in [-0.1, -0.05) is 127 Å². The lowest BCUT2D eigenvalue weighted by atomic mass is 9.95. The fourth-order valence-electron chi connectivity index (χ4n) is 7.18. The predicted molar refractivity (Wildman–Crippen MR) is 201 cm³/mol. The van der Waals surface area contributed by atoms with Crippen LogP contribution in [0.2, 0.25) is 0 Å². The van der Waals surface area contributed by atoms with Crippen LogP contribution in [0.25, 0.3) is 97.2 Å². The highest BCUT2D eigenvalue weighted by Crippen LogP contribution is 2.40. The molecule has 10 rings (SSSR count). The summed E-state index contributed by atoms with van der Waals surface area (Å²) in [4.78, 5) is 10.6. The van der Waals surface area contributed by atoms with Crippen molar-refractivity contribution in [3.8, 4) is 33.6 Å². The molecule has 0 amide bonds. The quantitative estimate of drug-likeness (QED) is 0.185. The van der Waals surface area contributed by atoms with Crippen LogP contribution in [0.4, 0.5) is 0 Å². The molecule has 0 saturated carbocycles. The molecule has 7 aromatic carbocycles. The van der Waals surface area contributed by atoms with Gasteiger partial charge in [0.1, 0.15) is 0 Å². The number of hydrogen-bond donors (Lipinski definition) is 0. The minimum absolute atomic E-state index is 0.922. The monoisotopic (exact) mass is 614 g/mol. The first kappa shape index (κ1) is 26.3. The summed E-state index contributed by atoms with van der Waals surface area (Å²) in [5, 5.41) is 9.75. The molecule has 0 fully saturated rings. The summed E-state index contributed by atoms with van der Waals surface area (Å²) >= 11 is 1.86. The molecule has 0 N–H and O–H groups in total. The van der Waals surface area contributed by atoms with Gasteiger partial charge in [0.2, 0.25) is 0 Å². The number of rotatable bonds is 3. The van der Waals surface area contributed by atoms with Crippen molar-refractivity contribution in [1.29, 1.82) is 0 Å². The molecular formula is C44H26N2S. The minimum Gasteiger partial charge on any atom is -0.245 e. The van der Waals surface area contributed by atoms with E-state index in [2.05, 4.69) is 158 Å². The van der Waals surface area contributed by atoms with Gasteiger partial charge in [0.15, 0.2) is 0 Å². The standard InChI is InChI=1S/C44H26N2S/c1-2-9-32-31(8-1)26-37(35-11-4-3-10-34(32)35)39-25-23-30-21-20-29-22-24-38(45-43(29)44(30)46-39)28-18-16-27(17-19-28)33-13-7-15-41-42(33)36-12-5-6-14-40(36)47-41/h1-26H. The van der Waals surface area contributed by atoms with Crippen molar-refractivity contribution in [3.05, 3.63) is 158 Å². The molecule has 0 bridgehead atoms. The third kappa shape index (κ3) is 4.17. The van der Waals surface area contributed by atoms with Crippen molar-refractivity contribution >= 4 is 74.9 Å². The molecule has 10 aromatic rings. The second-order valence-electron chi connectivity index (χ2n) is 12.1. The molecule has 0 aliphatic heterocycles. The summed E-state index contributed by atoms with van der Waals surface area (Å²) in [6.07, 6.45) is 0. The Balaban J connectivity index is 1.10. The second kappa shape index (κ2) is 10.3. The fourth-order valence-corrected chi connectivity index (χ4v) is 8.31. The lowest BCUT2D eigenvalue weighted by Crippen LogP contribution is -1.92. The Kier molecular flexibility index (Phi) is 5.78. The number of thiophene rings is 1. The van der Waals surface area contributed by atoms with E-state index in [-0.39, 0.29) is 0 Å². The maximum atomic E-state index is 5.31. The number of hydrogen-bond acceptors (Lipinski definition) is 3. The first-order valence-corrected chi connectivity index (χ1v) is 16.7. The van der Waals surface area contributed by atoms with Gasteiger partial charge in [-0.2, -0.15) is 0 Å². The lowest BCUT2D eigenvalue weighted by Gasteiger charge is -2.12. The Labute approximate surface area is 275 Å². The van der Waals surface area contributed by atoms with Gasteiger partial charge in [-0.3, -0.25) is 0 Å². The van der Waals surface area contributed by atoms with Crippen LogP contribution in [0.1, 0.15) is 0 Å². The Hall–Kier alpha value is -5.90. The Morgan fingerprint density at radius 2 is 0.957 bits per heavy atom. The van der Waals surface area contributed by atoms with Crippen molar-refractivity contribution in [1.82, 2.24) is 9.97 Å². The highest BCUT2D eigenvalue weighted by molar-refractivity contribution is 7.25. The zero-order chi connectivity index (χ0) is 30.9. The van der Waals surface area contributed by atoms with E-state index in [0.717, 1.165) is 44.3 Å². The number of benzene rings is 7. The lowest BCUT2D eigenvalue weighted by molar-refractivity contribution is 1.37. The van der Waals surface area contributed by atoms with E-state index in [4.69, 9.17) is 9.97 Å². The molecule has 0 aliphatic carbocycles. The van der Waals surface area contributed by atoms with Crippen LogP contribution in [-0.2, 0) is 0 Å². The maximum absolute atomic E-state index is 5.31. The molecular weight excluding hydrogens is 589 g/mol. The molecule has 0 saturated heterocycles. The summed E-state index contributed by atoms with van der Waals surface area (Å²) in [5.74, 6) is 0. The van der Waals surface area contributed by atoms with Crippen LogP contribution < -0.4 is 0 Å². The van der Waals surface area contributed by atoms with Crippen molar-refractivity contribution in [2.45, 2.75) is 0 Å². The summed E-state index contributed by atoms with van der Waals surface area (Å²) in [5.41, 5.74) is 8.45. The van der Waals surface area contributed by atoms with Gasteiger partial charge in [0.05, 0.1) is 22.4 Å². The molecule has 0 aliphatic rings. The average molecular weight is 615 g/mol. The van der Waals surface area contributed by atoms with E-state index < -0.39 is 0 Å². The van der Waals surface area contributed by atoms with Gasteiger partial charge < -0.3 is 0 Å². The van der Waals surface area contributed by atoms with E-state index >= 15 is 0 Å². The smallest absolute Gasteiger partial charge is 0.0972 e. The van der Waals surface area contributed by atoms with Crippen LogP contribution in [-0.4, -0.2) is 9.97 Å². The molecule has 2 nitrogen and oxygen atoms in total. The Morgan fingerprint density at radius 1 is 0.362 bits per heavy atom. The van der Waals surface area contributed by atoms with Crippen LogP contribution in [0.3, 0.4) is 0 Å². The van der Waals surface area contributed by atoms with Crippen molar-refractivity contribution in [2.24, 2.45) is 0 Å². The van der Waals surface area contributed by atoms with Gasteiger partial charge >= 0.3 is 0 Å². The maximum Gasteiger partial charge on any atom is 0.0972 e. The Morgan fingerprint density at radius 3 is 1.77 bits per heavy atom. The minimum atomic E-state index is 0.922. The zero-order valence-electron chi connectivity index (χ0n) is 25.3. The third-order valence-corrected chi connectivity index (χ3v) is 10.6. The third-order valence-electron chi connectivity index (χ3n) is 9.46. The predicted octanol–water partition coefficient (Wildman–Crippen LogP) is 12.5. The van der Waals surface area contributed by atoms with E-state index in [1.165, 1.54) is 52.8 Å². The average Bonchev–Trinajstić information content (AvgIpc) is 3.53. The molecule has 3 aromatic heterocycles. The highest BCUT2D eigenvalue weighted by atomic mass is 32.1. The first-order valence-electron chi connectivity index (χ1n) is 15.9. The van der Waals surface area contributed by atoms with Gasteiger partial charge in [-0.25, -0.2) is 9.97 Å². The van der Waals surface area contributed by atoms with E-state index in [1.54, 1.807) is 0 Å². The van der Waals surface area contributed by atoms with Crippen molar-refractivity contribution < 1.29 is 0 Å². The summed E-state index contributed by atoms with van der Waals surface area (Å²) in [6.45, 7) is 0. The van der Waals surface area contributed by atoms with Gasteiger partial charge in [-0.15, -0.1) is 11.3 Å². The summed E-state index contributed by atoms with van der Waals surface area (Å²) in [7, 11) is 0. The molecule has 0 atom stereocenters. The molecule has 0 unspecified atom stereocenters. The largest absolute Gasteiger partial charge is 0.245 e. The van der Waals surface area contributed by atoms with Gasteiger partial charge in [0.25, 0.3) is 0 Å². The molecule has 0 radical (unpaired) electrons. The van der Waals surface area contributed by atoms with E-state index in [1.807, 2.05) is 11.3 Å². The molecule has 0 spiro atoms. The zero-order valence-corrected chi connectivity index (χ0v) is 26.1. The van der Waals surface area contributed by atoms with Crippen LogP contribution in [0.5, 0.6) is 0 Å². The number of fused-ring (bicyclic) bond motifs is 9. The molecule has 47 heavy (non-hydrogen) atoms. The fraction of sp³-hybridized carbons (Fsp3) is 0. The second-order valence-corrected chi connectivity index (χ2v) is 13.2. The molecule has 3 heterocycles. The summed E-state index contributed by atoms with van der Waals surface area (Å²) < 4.78 is 2.64. The number of pyridine rings is 2. The molecule has 218 valence electrons. The number of aromatic nitrogens is 2. The van der Waals surface area contributed by atoms with Gasteiger partial charge in [0, 0.05) is 42.1 Å². The molecule has 3 heteroatoms.